The number of hydrogen-bond donors (Lipinski definition) is 1. The number of rotatable bonds is 5. The highest BCUT2D eigenvalue weighted by Gasteiger charge is 2.31. The summed E-state index contributed by atoms with van der Waals surface area (Å²) in [6, 6.07) is 0. The van der Waals surface area contributed by atoms with Crippen molar-refractivity contribution in [3.05, 3.63) is 0 Å². The monoisotopic (exact) mass is 212 g/mol. The van der Waals surface area contributed by atoms with E-state index in [0.717, 1.165) is 12.3 Å². The first-order chi connectivity index (χ1) is 7.19. The summed E-state index contributed by atoms with van der Waals surface area (Å²) in [5, 5.41) is 10.1. The van der Waals surface area contributed by atoms with Crippen LogP contribution in [0.25, 0.3) is 0 Å². The molecular weight excluding hydrogens is 184 g/mol. The second-order valence-electron chi connectivity index (χ2n) is 5.46. The zero-order valence-corrected chi connectivity index (χ0v) is 10.7. The molecule has 0 heterocycles. The summed E-state index contributed by atoms with van der Waals surface area (Å²) < 4.78 is 0. The van der Waals surface area contributed by atoms with E-state index in [9.17, 15) is 5.11 Å². The molecule has 1 aliphatic carbocycles. The van der Waals surface area contributed by atoms with E-state index in [-0.39, 0.29) is 6.10 Å². The molecule has 1 aliphatic rings. The van der Waals surface area contributed by atoms with Crippen LogP contribution >= 0.6 is 0 Å². The predicted molar refractivity (Wildman–Crippen MR) is 65.8 cm³/mol. The predicted octanol–water partition coefficient (Wildman–Crippen LogP) is 4.00. The van der Waals surface area contributed by atoms with Crippen LogP contribution in [0.5, 0.6) is 0 Å². The van der Waals surface area contributed by atoms with Crippen molar-refractivity contribution < 1.29 is 5.11 Å². The van der Waals surface area contributed by atoms with E-state index >= 15 is 0 Å². The van der Waals surface area contributed by atoms with E-state index in [1.54, 1.807) is 0 Å². The molecule has 0 radical (unpaired) electrons. The Balaban J connectivity index is 2.45. The van der Waals surface area contributed by atoms with Crippen LogP contribution in [-0.4, -0.2) is 11.2 Å². The molecule has 0 aliphatic heterocycles. The normalized spacial score (nSPS) is 34.0. The van der Waals surface area contributed by atoms with E-state index < -0.39 is 0 Å². The van der Waals surface area contributed by atoms with Crippen molar-refractivity contribution in [3.8, 4) is 0 Å². The molecule has 0 saturated heterocycles. The van der Waals surface area contributed by atoms with Gasteiger partial charge in [-0.15, -0.1) is 0 Å². The summed E-state index contributed by atoms with van der Waals surface area (Å²) in [7, 11) is 0. The Labute approximate surface area is 95.3 Å². The molecule has 0 spiro atoms. The molecule has 0 amide bonds. The second-order valence-corrected chi connectivity index (χ2v) is 5.46. The van der Waals surface area contributed by atoms with Gasteiger partial charge in [0.2, 0.25) is 0 Å². The fourth-order valence-electron chi connectivity index (χ4n) is 3.23. The summed E-state index contributed by atoms with van der Waals surface area (Å²) in [6.07, 6.45) is 8.75. The van der Waals surface area contributed by atoms with Crippen molar-refractivity contribution in [2.75, 3.05) is 0 Å². The van der Waals surface area contributed by atoms with Gasteiger partial charge >= 0.3 is 0 Å². The van der Waals surface area contributed by atoms with Gasteiger partial charge < -0.3 is 5.11 Å². The number of hydrogen-bond acceptors (Lipinski definition) is 1. The first-order valence-electron chi connectivity index (χ1n) is 6.87. The average Bonchev–Trinajstić information content (AvgIpc) is 2.21. The molecule has 0 aromatic rings. The molecule has 4 unspecified atom stereocenters. The minimum Gasteiger partial charge on any atom is -0.393 e. The number of aliphatic hydroxyl groups excluding tert-OH is 1. The van der Waals surface area contributed by atoms with Crippen LogP contribution in [-0.2, 0) is 0 Å². The quantitative estimate of drug-likeness (QED) is 0.730. The molecule has 1 N–H and O–H groups in total. The van der Waals surface area contributed by atoms with Gasteiger partial charge in [-0.1, -0.05) is 46.5 Å². The summed E-state index contributed by atoms with van der Waals surface area (Å²) in [5.74, 6) is 2.18. The Bertz CT molecular complexity index is 167. The number of aliphatic hydroxyl groups is 1. The molecular formula is C14H28O. The molecule has 1 rings (SSSR count). The van der Waals surface area contributed by atoms with Crippen LogP contribution in [0, 0.1) is 17.8 Å². The Morgan fingerprint density at radius 3 is 2.53 bits per heavy atom. The largest absolute Gasteiger partial charge is 0.393 e. The molecule has 0 aromatic heterocycles. The molecule has 1 heteroatoms. The van der Waals surface area contributed by atoms with Gasteiger partial charge in [-0.2, -0.15) is 0 Å². The lowest BCUT2D eigenvalue weighted by molar-refractivity contribution is 0.0169. The molecule has 1 nitrogen and oxygen atoms in total. The van der Waals surface area contributed by atoms with Gasteiger partial charge in [-0.25, -0.2) is 0 Å². The zero-order valence-electron chi connectivity index (χ0n) is 10.7. The van der Waals surface area contributed by atoms with Gasteiger partial charge in [0.25, 0.3) is 0 Å². The van der Waals surface area contributed by atoms with Crippen LogP contribution in [0.3, 0.4) is 0 Å². The zero-order chi connectivity index (χ0) is 11.3. The Hall–Kier alpha value is -0.0400. The van der Waals surface area contributed by atoms with E-state index in [2.05, 4.69) is 20.8 Å². The third kappa shape index (κ3) is 3.79. The molecule has 4 atom stereocenters. The Kier molecular flexibility index (Phi) is 5.66. The second kappa shape index (κ2) is 6.52. The molecule has 0 aromatic carbocycles. The fourth-order valence-corrected chi connectivity index (χ4v) is 3.23. The van der Waals surface area contributed by atoms with Crippen molar-refractivity contribution in [1.82, 2.24) is 0 Å². The highest BCUT2D eigenvalue weighted by Crippen LogP contribution is 2.37. The van der Waals surface area contributed by atoms with Gasteiger partial charge in [-0.3, -0.25) is 0 Å². The average molecular weight is 212 g/mol. The summed E-state index contributed by atoms with van der Waals surface area (Å²) in [6.45, 7) is 6.84. The van der Waals surface area contributed by atoms with Crippen LogP contribution < -0.4 is 0 Å². The highest BCUT2D eigenvalue weighted by molar-refractivity contribution is 4.82. The molecule has 0 bridgehead atoms. The van der Waals surface area contributed by atoms with Gasteiger partial charge in [-0.05, 0) is 37.0 Å². The van der Waals surface area contributed by atoms with Crippen molar-refractivity contribution in [2.24, 2.45) is 17.8 Å². The third-order valence-electron chi connectivity index (χ3n) is 4.14. The minimum absolute atomic E-state index is 0.0142. The summed E-state index contributed by atoms with van der Waals surface area (Å²) in [5.41, 5.74) is 0. The van der Waals surface area contributed by atoms with Crippen molar-refractivity contribution in [3.63, 3.8) is 0 Å². The summed E-state index contributed by atoms with van der Waals surface area (Å²) in [4.78, 5) is 0. The van der Waals surface area contributed by atoms with Crippen molar-refractivity contribution in [1.29, 1.82) is 0 Å². The van der Waals surface area contributed by atoms with Gasteiger partial charge in [0.1, 0.15) is 0 Å². The summed E-state index contributed by atoms with van der Waals surface area (Å²) >= 11 is 0. The lowest BCUT2D eigenvalue weighted by Crippen LogP contribution is -2.33. The minimum atomic E-state index is -0.0142. The fraction of sp³-hybridized carbons (Fsp3) is 1.00. The Morgan fingerprint density at radius 1 is 1.20 bits per heavy atom. The topological polar surface area (TPSA) is 20.2 Å². The standard InChI is InChI=1S/C14H28O/c1-4-6-11(3)13-10-12(7-5-2)8-9-14(13)15/h11-15H,4-10H2,1-3H3. The van der Waals surface area contributed by atoms with E-state index in [1.165, 1.54) is 38.5 Å². The van der Waals surface area contributed by atoms with Gasteiger partial charge in [0, 0.05) is 0 Å². The molecule has 15 heavy (non-hydrogen) atoms. The first-order valence-corrected chi connectivity index (χ1v) is 6.87. The van der Waals surface area contributed by atoms with Crippen LogP contribution in [0.4, 0.5) is 0 Å². The van der Waals surface area contributed by atoms with Crippen molar-refractivity contribution >= 4 is 0 Å². The molecule has 1 fully saturated rings. The van der Waals surface area contributed by atoms with Crippen LogP contribution in [0.1, 0.15) is 65.7 Å². The lowest BCUT2D eigenvalue weighted by Gasteiger charge is -2.37. The smallest absolute Gasteiger partial charge is 0.0571 e. The van der Waals surface area contributed by atoms with E-state index in [1.807, 2.05) is 0 Å². The maximum absolute atomic E-state index is 10.1. The maximum Gasteiger partial charge on any atom is 0.0571 e. The Morgan fingerprint density at radius 2 is 1.93 bits per heavy atom. The molecule has 90 valence electrons. The maximum atomic E-state index is 10.1. The van der Waals surface area contributed by atoms with Crippen LogP contribution in [0.2, 0.25) is 0 Å². The first kappa shape index (κ1) is 13.0. The third-order valence-corrected chi connectivity index (χ3v) is 4.14. The van der Waals surface area contributed by atoms with Gasteiger partial charge in [0.05, 0.1) is 6.10 Å². The molecule has 1 saturated carbocycles. The van der Waals surface area contributed by atoms with Crippen LogP contribution in [0.15, 0.2) is 0 Å². The van der Waals surface area contributed by atoms with Gasteiger partial charge in [0.15, 0.2) is 0 Å². The van der Waals surface area contributed by atoms with E-state index in [0.29, 0.717) is 11.8 Å². The lowest BCUT2D eigenvalue weighted by atomic mass is 9.71. The van der Waals surface area contributed by atoms with Crippen molar-refractivity contribution in [2.45, 2.75) is 71.8 Å². The van der Waals surface area contributed by atoms with E-state index in [4.69, 9.17) is 0 Å². The SMILES string of the molecule is CCCC1CCC(O)C(C(C)CCC)C1. The highest BCUT2D eigenvalue weighted by atomic mass is 16.3.